The largest absolute Gasteiger partial charge is 0.505 e. The van der Waals surface area contributed by atoms with E-state index in [1.165, 1.54) is 12.1 Å². The minimum atomic E-state index is -0.603. The molecule has 1 saturated carbocycles. The number of phenolic OH excluding ortho intramolecular Hbond substituents is 1. The van der Waals surface area contributed by atoms with Crippen LogP contribution < -0.4 is 11.5 Å². The Hall–Kier alpha value is -1.29. The summed E-state index contributed by atoms with van der Waals surface area (Å²) in [6, 6.07) is 2.52. The van der Waals surface area contributed by atoms with Crippen LogP contribution in [0.2, 0.25) is 0 Å². The van der Waals surface area contributed by atoms with Crippen molar-refractivity contribution in [1.82, 2.24) is 0 Å². The number of aromatic hydroxyl groups is 1. The molecule has 2 rings (SSSR count). The van der Waals surface area contributed by atoms with Crippen molar-refractivity contribution in [3.63, 3.8) is 0 Å². The number of nitrogen functional groups attached to an aromatic ring is 1. The van der Waals surface area contributed by atoms with E-state index in [0.717, 1.165) is 12.8 Å². The third kappa shape index (κ3) is 1.42. The van der Waals surface area contributed by atoms with Gasteiger partial charge in [0.15, 0.2) is 0 Å². The van der Waals surface area contributed by atoms with E-state index in [1.54, 1.807) is 0 Å². The van der Waals surface area contributed by atoms with E-state index in [0.29, 0.717) is 11.5 Å². The second-order valence-corrected chi connectivity index (χ2v) is 3.76. The summed E-state index contributed by atoms with van der Waals surface area (Å²) in [5.41, 5.74) is 11.6. The van der Waals surface area contributed by atoms with Gasteiger partial charge >= 0.3 is 0 Å². The van der Waals surface area contributed by atoms with Gasteiger partial charge in [-0.2, -0.15) is 0 Å². The average molecular weight is 196 g/mol. The van der Waals surface area contributed by atoms with Gasteiger partial charge in [-0.15, -0.1) is 0 Å². The molecule has 1 aromatic rings. The quantitative estimate of drug-likeness (QED) is 0.496. The number of halogens is 1. The van der Waals surface area contributed by atoms with Crippen LogP contribution in [-0.4, -0.2) is 5.11 Å². The fourth-order valence-electron chi connectivity index (χ4n) is 1.58. The Kier molecular flexibility index (Phi) is 2.07. The van der Waals surface area contributed by atoms with E-state index >= 15 is 0 Å². The van der Waals surface area contributed by atoms with Crippen LogP contribution in [0.15, 0.2) is 12.1 Å². The monoisotopic (exact) mass is 196 g/mol. The predicted molar refractivity (Wildman–Crippen MR) is 52.1 cm³/mol. The van der Waals surface area contributed by atoms with Gasteiger partial charge in [-0.3, -0.25) is 0 Å². The summed E-state index contributed by atoms with van der Waals surface area (Å²) in [7, 11) is 0. The highest BCUT2D eigenvalue weighted by Crippen LogP contribution is 2.43. The number of rotatable bonds is 2. The van der Waals surface area contributed by atoms with Crippen LogP contribution in [-0.2, 0) is 0 Å². The van der Waals surface area contributed by atoms with Gasteiger partial charge < -0.3 is 16.6 Å². The first-order valence-electron chi connectivity index (χ1n) is 4.63. The fourth-order valence-corrected chi connectivity index (χ4v) is 1.58. The maximum absolute atomic E-state index is 12.9. The molecule has 1 aliphatic rings. The van der Waals surface area contributed by atoms with Crippen molar-refractivity contribution in [1.29, 1.82) is 0 Å². The molecule has 0 unspecified atom stereocenters. The average Bonchev–Trinajstić information content (AvgIpc) is 2.97. The molecule has 0 aliphatic heterocycles. The zero-order chi connectivity index (χ0) is 10.3. The molecule has 5 N–H and O–H groups in total. The molecule has 76 valence electrons. The molecule has 3 nitrogen and oxygen atoms in total. The third-order valence-electron chi connectivity index (χ3n) is 2.68. The van der Waals surface area contributed by atoms with Gasteiger partial charge in [0.1, 0.15) is 17.3 Å². The van der Waals surface area contributed by atoms with Crippen molar-refractivity contribution in [2.45, 2.75) is 18.9 Å². The van der Waals surface area contributed by atoms with Gasteiger partial charge in [0.25, 0.3) is 0 Å². The normalized spacial score (nSPS) is 18.1. The number of phenols is 1. The first-order chi connectivity index (χ1) is 6.61. The molecule has 1 aliphatic carbocycles. The van der Waals surface area contributed by atoms with E-state index in [9.17, 15) is 9.50 Å². The molecule has 0 spiro atoms. The maximum Gasteiger partial charge on any atom is 0.149 e. The van der Waals surface area contributed by atoms with Crippen LogP contribution in [0.1, 0.15) is 24.4 Å². The molecule has 1 aromatic carbocycles. The lowest BCUT2D eigenvalue weighted by Crippen LogP contribution is -2.13. The van der Waals surface area contributed by atoms with Crippen molar-refractivity contribution in [2.24, 2.45) is 11.7 Å². The van der Waals surface area contributed by atoms with Crippen LogP contribution in [0.4, 0.5) is 10.1 Å². The van der Waals surface area contributed by atoms with E-state index in [2.05, 4.69) is 0 Å². The highest BCUT2D eigenvalue weighted by molar-refractivity contribution is 5.57. The summed E-state index contributed by atoms with van der Waals surface area (Å²) in [5.74, 6) is -0.399. The zero-order valence-electron chi connectivity index (χ0n) is 7.70. The Labute approximate surface area is 81.5 Å². The minimum absolute atomic E-state index is 0.204. The van der Waals surface area contributed by atoms with Crippen LogP contribution in [0.5, 0.6) is 5.75 Å². The molecule has 0 radical (unpaired) electrons. The Balaban J connectivity index is 2.38. The standard InChI is InChI=1S/C10H13FN2O/c11-7-4-3-6(10(14)9(7)13)8(12)5-1-2-5/h3-5,8,14H,1-2,12-13H2/t8-/m0/s1. The third-order valence-corrected chi connectivity index (χ3v) is 2.68. The van der Waals surface area contributed by atoms with E-state index in [1.807, 2.05) is 0 Å². The van der Waals surface area contributed by atoms with Crippen molar-refractivity contribution >= 4 is 5.69 Å². The summed E-state index contributed by atoms with van der Waals surface area (Å²) in [6.45, 7) is 0. The molecule has 0 heterocycles. The molecule has 1 fully saturated rings. The Bertz CT molecular complexity index is 363. The highest BCUT2D eigenvalue weighted by Gasteiger charge is 2.31. The molecule has 0 bridgehead atoms. The fraction of sp³-hybridized carbons (Fsp3) is 0.400. The van der Waals surface area contributed by atoms with Crippen LogP contribution in [0.25, 0.3) is 0 Å². The SMILES string of the molecule is Nc1c(F)ccc([C@@H](N)C2CC2)c1O. The lowest BCUT2D eigenvalue weighted by molar-refractivity contribution is 0.454. The van der Waals surface area contributed by atoms with E-state index in [-0.39, 0.29) is 17.5 Å². The first-order valence-corrected chi connectivity index (χ1v) is 4.63. The topological polar surface area (TPSA) is 72.3 Å². The van der Waals surface area contributed by atoms with E-state index < -0.39 is 5.82 Å². The van der Waals surface area contributed by atoms with Crippen LogP contribution >= 0.6 is 0 Å². The highest BCUT2D eigenvalue weighted by atomic mass is 19.1. The second-order valence-electron chi connectivity index (χ2n) is 3.76. The Morgan fingerprint density at radius 1 is 1.43 bits per heavy atom. The predicted octanol–water partition coefficient (Wildman–Crippen LogP) is 1.52. The summed E-state index contributed by atoms with van der Waals surface area (Å²) < 4.78 is 12.9. The molecular weight excluding hydrogens is 183 g/mol. The van der Waals surface area contributed by atoms with Gasteiger partial charge in [0.05, 0.1) is 0 Å². The molecule has 0 aromatic heterocycles. The first kappa shape index (κ1) is 9.27. The van der Waals surface area contributed by atoms with Crippen molar-refractivity contribution in [3.05, 3.63) is 23.5 Å². The summed E-state index contributed by atoms with van der Waals surface area (Å²) in [5, 5.41) is 9.58. The van der Waals surface area contributed by atoms with Gasteiger partial charge in [-0.05, 0) is 24.8 Å². The zero-order valence-corrected chi connectivity index (χ0v) is 7.70. The maximum atomic E-state index is 12.9. The minimum Gasteiger partial charge on any atom is -0.505 e. The van der Waals surface area contributed by atoms with Gasteiger partial charge in [-0.1, -0.05) is 6.07 Å². The number of hydrogen-bond acceptors (Lipinski definition) is 3. The molecule has 14 heavy (non-hydrogen) atoms. The lowest BCUT2D eigenvalue weighted by atomic mass is 10.0. The van der Waals surface area contributed by atoms with Crippen molar-refractivity contribution < 1.29 is 9.50 Å². The lowest BCUT2D eigenvalue weighted by Gasteiger charge is -2.14. The van der Waals surface area contributed by atoms with Crippen molar-refractivity contribution in [3.8, 4) is 5.75 Å². The number of hydrogen-bond donors (Lipinski definition) is 3. The molecular formula is C10H13FN2O. The number of benzene rings is 1. The molecule has 0 amide bonds. The van der Waals surface area contributed by atoms with Gasteiger partial charge in [0, 0.05) is 11.6 Å². The number of anilines is 1. The molecule has 1 atom stereocenters. The summed E-state index contributed by atoms with van der Waals surface area (Å²) >= 11 is 0. The summed E-state index contributed by atoms with van der Waals surface area (Å²) in [6.07, 6.45) is 2.13. The van der Waals surface area contributed by atoms with E-state index in [4.69, 9.17) is 11.5 Å². The van der Waals surface area contributed by atoms with Gasteiger partial charge in [0.2, 0.25) is 0 Å². The second kappa shape index (κ2) is 3.13. The summed E-state index contributed by atoms with van der Waals surface area (Å²) in [4.78, 5) is 0. The van der Waals surface area contributed by atoms with Crippen LogP contribution in [0.3, 0.4) is 0 Å². The Morgan fingerprint density at radius 2 is 2.07 bits per heavy atom. The van der Waals surface area contributed by atoms with Crippen LogP contribution in [0, 0.1) is 11.7 Å². The number of nitrogens with two attached hydrogens (primary N) is 2. The van der Waals surface area contributed by atoms with Gasteiger partial charge in [-0.25, -0.2) is 4.39 Å². The molecule has 4 heteroatoms. The Morgan fingerprint density at radius 3 is 2.64 bits per heavy atom. The molecule has 0 saturated heterocycles. The smallest absolute Gasteiger partial charge is 0.149 e. The van der Waals surface area contributed by atoms with Crippen molar-refractivity contribution in [2.75, 3.05) is 5.73 Å².